The quantitative estimate of drug-likeness (QED) is 0.209. The molecule has 8 nitrogen and oxygen atoms in total. The van der Waals surface area contributed by atoms with Crippen molar-refractivity contribution in [2.45, 2.75) is 22.7 Å². The number of nitrogens with one attached hydrogen (secondary N) is 4. The van der Waals surface area contributed by atoms with Crippen LogP contribution >= 0.6 is 11.8 Å². The number of carbonyl (C=O) groups excluding carboxylic acids is 1. The predicted molar refractivity (Wildman–Crippen MR) is 134 cm³/mol. The number of methoxy groups -OCH3 is 1. The van der Waals surface area contributed by atoms with E-state index in [-0.39, 0.29) is 47.1 Å². The van der Waals surface area contributed by atoms with Crippen LogP contribution in [0, 0.1) is 11.8 Å². The molecule has 2 atom stereocenters. The van der Waals surface area contributed by atoms with E-state index in [9.17, 15) is 22.4 Å². The number of amides is 1. The topological polar surface area (TPSA) is 91.7 Å². The van der Waals surface area contributed by atoms with Crippen LogP contribution in [0.25, 0.3) is 5.65 Å². The number of pyridine rings is 1. The third kappa shape index (κ3) is 6.20. The number of benzene rings is 1. The lowest BCUT2D eigenvalue weighted by Crippen LogP contribution is -2.29. The number of imidazole rings is 1. The molecule has 4 rings (SSSR count). The van der Waals surface area contributed by atoms with Gasteiger partial charge in [-0.05, 0) is 36.3 Å². The van der Waals surface area contributed by atoms with Crippen molar-refractivity contribution in [3.63, 3.8) is 0 Å². The van der Waals surface area contributed by atoms with Gasteiger partial charge < -0.3 is 26.0 Å². The third-order valence-electron chi connectivity index (χ3n) is 5.56. The normalized spacial score (nSPS) is 17.2. The molecule has 1 fully saturated rings. The second-order valence-corrected chi connectivity index (χ2v) is 9.06. The maximum absolute atomic E-state index is 14.1. The molecule has 3 aromatic rings. The average Bonchev–Trinajstić information content (AvgIpc) is 3.43. The van der Waals surface area contributed by atoms with Gasteiger partial charge in [0, 0.05) is 43.7 Å². The Morgan fingerprint density at radius 3 is 2.78 bits per heavy atom. The lowest BCUT2D eigenvalue weighted by Gasteiger charge is -2.16. The number of aromatic nitrogens is 2. The zero-order valence-corrected chi connectivity index (χ0v) is 20.7. The van der Waals surface area contributed by atoms with Gasteiger partial charge in [0.15, 0.2) is 5.65 Å². The highest BCUT2D eigenvalue weighted by Gasteiger charge is 2.33. The molecule has 0 bridgehead atoms. The summed E-state index contributed by atoms with van der Waals surface area (Å²) in [6.07, 6.45) is 0.330. The number of thioether (sulfide) groups is 1. The minimum Gasteiger partial charge on any atom is -0.495 e. The molecule has 1 aromatic carbocycles. The molecule has 1 aliphatic rings. The van der Waals surface area contributed by atoms with E-state index in [1.54, 1.807) is 30.3 Å². The summed E-state index contributed by atoms with van der Waals surface area (Å²) in [5.41, 5.74) is -3.02. The number of nitrogens with zero attached hydrogens (tertiary/aromatic N) is 2. The van der Waals surface area contributed by atoms with Gasteiger partial charge in [0.1, 0.15) is 22.6 Å². The molecule has 0 unspecified atom stereocenters. The van der Waals surface area contributed by atoms with E-state index in [1.807, 2.05) is 0 Å². The van der Waals surface area contributed by atoms with Gasteiger partial charge in [-0.3, -0.25) is 9.20 Å². The molecule has 2 aromatic heterocycles. The summed E-state index contributed by atoms with van der Waals surface area (Å²) in [6, 6.07) is 7.50. The van der Waals surface area contributed by atoms with Gasteiger partial charge in [-0.2, -0.15) is 13.2 Å². The highest BCUT2D eigenvalue weighted by atomic mass is 32.2. The molecule has 3 heterocycles. The molecular weight excluding hydrogens is 512 g/mol. The fourth-order valence-electron chi connectivity index (χ4n) is 3.83. The first-order valence-corrected chi connectivity index (χ1v) is 12.0. The number of ether oxygens (including phenoxy) is 1. The van der Waals surface area contributed by atoms with Crippen LogP contribution in [0.1, 0.15) is 16.1 Å². The van der Waals surface area contributed by atoms with Gasteiger partial charge in [-0.1, -0.05) is 5.92 Å². The van der Waals surface area contributed by atoms with Gasteiger partial charge >= 0.3 is 5.51 Å². The van der Waals surface area contributed by atoms with Crippen LogP contribution in [-0.4, -0.2) is 66.8 Å². The second kappa shape index (κ2) is 11.2. The summed E-state index contributed by atoms with van der Waals surface area (Å²) in [5.74, 6) is 5.65. The van der Waals surface area contributed by atoms with E-state index in [2.05, 4.69) is 38.1 Å². The van der Waals surface area contributed by atoms with Crippen molar-refractivity contribution in [2.24, 2.45) is 0 Å². The molecule has 4 N–H and O–H groups in total. The summed E-state index contributed by atoms with van der Waals surface area (Å²) in [4.78, 5) is 16.2. The number of carbonyl (C=O) groups is 1. The van der Waals surface area contributed by atoms with Crippen LogP contribution in [0.3, 0.4) is 0 Å². The molecular formula is C24H24F4N6O2S. The zero-order chi connectivity index (χ0) is 26.6. The molecule has 0 aliphatic carbocycles. The summed E-state index contributed by atoms with van der Waals surface area (Å²) >= 11 is -0.312. The van der Waals surface area contributed by atoms with E-state index in [1.165, 1.54) is 24.8 Å². The first kappa shape index (κ1) is 26.4. The molecule has 0 radical (unpaired) electrons. The van der Waals surface area contributed by atoms with Crippen LogP contribution in [0.4, 0.5) is 28.9 Å². The van der Waals surface area contributed by atoms with E-state index in [0.717, 1.165) is 0 Å². The highest BCUT2D eigenvalue weighted by Crippen LogP contribution is 2.39. The number of hydrogen-bond acceptors (Lipinski definition) is 7. The fourth-order valence-corrected chi connectivity index (χ4v) is 4.48. The Morgan fingerprint density at radius 2 is 2.11 bits per heavy atom. The standard InChI is InChI=1S/C24H24F4N6O2S/c1-29-22(35)14-7-8-16(20(11-14)36-2)31-9-3-5-18-23(37-24(26,27)28)34-10-4-6-17(21(34)33-18)32-19-13-30-12-15(19)25/h4,6-8,10-11,15,19,30-32H,9,12-13H2,1-2H3,(H,29,35)/t15-,19+/m0/s1. The monoisotopic (exact) mass is 536 g/mol. The molecule has 37 heavy (non-hydrogen) atoms. The van der Waals surface area contributed by atoms with E-state index < -0.39 is 17.7 Å². The van der Waals surface area contributed by atoms with Gasteiger partial charge in [-0.15, -0.1) is 0 Å². The lowest BCUT2D eigenvalue weighted by molar-refractivity contribution is -0.0330. The minimum atomic E-state index is -4.56. The Balaban J connectivity index is 1.60. The first-order chi connectivity index (χ1) is 17.7. The summed E-state index contributed by atoms with van der Waals surface area (Å²) < 4.78 is 60.8. The zero-order valence-electron chi connectivity index (χ0n) is 19.9. The van der Waals surface area contributed by atoms with Crippen molar-refractivity contribution < 1.29 is 27.1 Å². The second-order valence-electron chi connectivity index (χ2n) is 8.00. The molecule has 0 saturated carbocycles. The highest BCUT2D eigenvalue weighted by molar-refractivity contribution is 8.00. The van der Waals surface area contributed by atoms with Crippen molar-refractivity contribution in [2.75, 3.05) is 44.4 Å². The molecule has 13 heteroatoms. The average molecular weight is 537 g/mol. The third-order valence-corrected chi connectivity index (χ3v) is 6.38. The van der Waals surface area contributed by atoms with Crippen LogP contribution in [0.15, 0.2) is 41.6 Å². The van der Waals surface area contributed by atoms with Crippen LogP contribution in [0.5, 0.6) is 5.75 Å². The van der Waals surface area contributed by atoms with Crippen molar-refractivity contribution in [3.8, 4) is 17.6 Å². The van der Waals surface area contributed by atoms with Crippen molar-refractivity contribution >= 4 is 34.7 Å². The molecule has 1 amide bonds. The maximum atomic E-state index is 14.1. The van der Waals surface area contributed by atoms with Crippen LogP contribution < -0.4 is 26.0 Å². The SMILES string of the molecule is CNC(=O)c1ccc(NCC#Cc2nc3c(N[C@@H]4CNC[C@@H]4F)cccn3c2SC(F)(F)F)c(OC)c1. The van der Waals surface area contributed by atoms with Gasteiger partial charge in [0.25, 0.3) is 5.91 Å². The number of anilines is 2. The Kier molecular flexibility index (Phi) is 7.99. The largest absolute Gasteiger partial charge is 0.495 e. The van der Waals surface area contributed by atoms with E-state index >= 15 is 0 Å². The Bertz CT molecular complexity index is 1350. The van der Waals surface area contributed by atoms with Crippen molar-refractivity contribution in [3.05, 3.63) is 47.8 Å². The molecule has 196 valence electrons. The van der Waals surface area contributed by atoms with Crippen LogP contribution in [-0.2, 0) is 0 Å². The molecule has 1 saturated heterocycles. The van der Waals surface area contributed by atoms with E-state index in [4.69, 9.17) is 4.74 Å². The molecule has 1 aliphatic heterocycles. The Labute approximate surface area is 214 Å². The number of rotatable bonds is 7. The number of fused-ring (bicyclic) bond motifs is 1. The summed E-state index contributed by atoms with van der Waals surface area (Å²) in [6.45, 7) is 0.661. The summed E-state index contributed by atoms with van der Waals surface area (Å²) in [7, 11) is 2.97. The van der Waals surface area contributed by atoms with Gasteiger partial charge in [0.05, 0.1) is 31.1 Å². The number of hydrogen-bond donors (Lipinski definition) is 4. The first-order valence-electron chi connectivity index (χ1n) is 11.2. The smallest absolute Gasteiger partial charge is 0.447 e. The molecule has 0 spiro atoms. The van der Waals surface area contributed by atoms with Gasteiger partial charge in [-0.25, -0.2) is 9.37 Å². The van der Waals surface area contributed by atoms with E-state index in [0.29, 0.717) is 29.2 Å². The Hall–Kier alpha value is -3.63. The van der Waals surface area contributed by atoms with Crippen molar-refractivity contribution in [1.29, 1.82) is 0 Å². The lowest BCUT2D eigenvalue weighted by atomic mass is 10.1. The summed E-state index contributed by atoms with van der Waals surface area (Å²) in [5, 5.41) is 11.3. The van der Waals surface area contributed by atoms with Crippen molar-refractivity contribution in [1.82, 2.24) is 20.0 Å². The Morgan fingerprint density at radius 1 is 1.30 bits per heavy atom. The fraction of sp³-hybridized carbons (Fsp3) is 0.333. The number of halogens is 4. The maximum Gasteiger partial charge on any atom is 0.447 e. The van der Waals surface area contributed by atoms with Crippen LogP contribution in [0.2, 0.25) is 0 Å². The van der Waals surface area contributed by atoms with Gasteiger partial charge in [0.2, 0.25) is 0 Å². The number of alkyl halides is 4. The predicted octanol–water partition coefficient (Wildman–Crippen LogP) is 3.50. The minimum absolute atomic E-state index is 0.0540.